The molecular formula is C19H24N2O3S2. The van der Waals surface area contributed by atoms with Gasteiger partial charge in [-0.25, -0.2) is 8.42 Å². The lowest BCUT2D eigenvalue weighted by Crippen LogP contribution is -2.41. The molecule has 0 saturated carbocycles. The summed E-state index contributed by atoms with van der Waals surface area (Å²) >= 11 is 1.64. The number of aryl methyl sites for hydroxylation is 2. The van der Waals surface area contributed by atoms with Crippen LogP contribution in [0, 0.1) is 13.8 Å². The standard InChI is InChI=1S/C19H24N2O3S2/c1-15-9-10-17(13-16(15)2)21(26(3,23)24)14-19(22)20-11-12-25-18-7-5-4-6-8-18/h4-10,13H,11-12,14H2,1-3H3,(H,20,22). The first-order chi connectivity index (χ1) is 12.3. The summed E-state index contributed by atoms with van der Waals surface area (Å²) in [5, 5.41) is 2.79. The molecule has 7 heteroatoms. The fraction of sp³-hybridized carbons (Fsp3) is 0.316. The van der Waals surface area contributed by atoms with Crippen LogP contribution in [0.2, 0.25) is 0 Å². The van der Waals surface area contributed by atoms with Gasteiger partial charge in [-0.05, 0) is 49.2 Å². The summed E-state index contributed by atoms with van der Waals surface area (Å²) < 4.78 is 25.4. The van der Waals surface area contributed by atoms with Crippen molar-refractivity contribution in [3.63, 3.8) is 0 Å². The number of hydrogen-bond donors (Lipinski definition) is 1. The highest BCUT2D eigenvalue weighted by Gasteiger charge is 2.21. The Kier molecular flexibility index (Phi) is 7.11. The van der Waals surface area contributed by atoms with Crippen molar-refractivity contribution in [2.24, 2.45) is 0 Å². The van der Waals surface area contributed by atoms with Gasteiger partial charge in [-0.1, -0.05) is 24.3 Å². The van der Waals surface area contributed by atoms with Gasteiger partial charge in [-0.15, -0.1) is 11.8 Å². The molecule has 0 fully saturated rings. The molecule has 0 bridgehead atoms. The Morgan fingerprint density at radius 2 is 1.77 bits per heavy atom. The lowest BCUT2D eigenvalue weighted by atomic mass is 10.1. The minimum Gasteiger partial charge on any atom is -0.354 e. The topological polar surface area (TPSA) is 66.5 Å². The third-order valence-electron chi connectivity index (χ3n) is 3.90. The number of nitrogens with one attached hydrogen (secondary N) is 1. The monoisotopic (exact) mass is 392 g/mol. The first kappa shape index (κ1) is 20.3. The number of sulfonamides is 1. The van der Waals surface area contributed by atoms with Crippen LogP contribution in [0.25, 0.3) is 0 Å². The van der Waals surface area contributed by atoms with E-state index in [0.717, 1.165) is 32.3 Å². The number of rotatable bonds is 8. The lowest BCUT2D eigenvalue weighted by molar-refractivity contribution is -0.119. The second kappa shape index (κ2) is 9.09. The summed E-state index contributed by atoms with van der Waals surface area (Å²) in [5.41, 5.74) is 2.56. The normalized spacial score (nSPS) is 11.2. The predicted octanol–water partition coefficient (Wildman–Crippen LogP) is 2.98. The number of thioether (sulfide) groups is 1. The van der Waals surface area contributed by atoms with E-state index in [1.54, 1.807) is 23.9 Å². The number of amides is 1. The minimum atomic E-state index is -3.55. The van der Waals surface area contributed by atoms with Crippen molar-refractivity contribution in [3.05, 3.63) is 59.7 Å². The number of nitrogens with zero attached hydrogens (tertiary/aromatic N) is 1. The summed E-state index contributed by atoms with van der Waals surface area (Å²) in [6, 6.07) is 15.3. The van der Waals surface area contributed by atoms with Crippen LogP contribution in [0.15, 0.2) is 53.4 Å². The zero-order valence-corrected chi connectivity index (χ0v) is 16.9. The molecule has 0 aliphatic carbocycles. The highest BCUT2D eigenvalue weighted by Crippen LogP contribution is 2.21. The molecule has 0 aliphatic rings. The predicted molar refractivity (Wildman–Crippen MR) is 108 cm³/mol. The van der Waals surface area contributed by atoms with Crippen molar-refractivity contribution >= 4 is 33.4 Å². The Labute approximate surface area is 159 Å². The average molecular weight is 393 g/mol. The van der Waals surface area contributed by atoms with Crippen LogP contribution < -0.4 is 9.62 Å². The minimum absolute atomic E-state index is 0.225. The summed E-state index contributed by atoms with van der Waals surface area (Å²) in [6.07, 6.45) is 1.11. The van der Waals surface area contributed by atoms with Gasteiger partial charge < -0.3 is 5.32 Å². The van der Waals surface area contributed by atoms with Crippen LogP contribution in [0.1, 0.15) is 11.1 Å². The zero-order valence-electron chi connectivity index (χ0n) is 15.2. The molecule has 0 aromatic heterocycles. The number of benzene rings is 2. The average Bonchev–Trinajstić information content (AvgIpc) is 2.59. The van der Waals surface area contributed by atoms with Crippen molar-refractivity contribution in [1.82, 2.24) is 5.32 Å². The zero-order chi connectivity index (χ0) is 19.2. The third kappa shape index (κ3) is 6.07. The van der Waals surface area contributed by atoms with Gasteiger partial charge in [0, 0.05) is 17.2 Å². The molecule has 0 spiro atoms. The largest absolute Gasteiger partial charge is 0.354 e. The van der Waals surface area contributed by atoms with Gasteiger partial charge in [0.2, 0.25) is 15.9 Å². The molecule has 1 amide bonds. The van der Waals surface area contributed by atoms with Crippen molar-refractivity contribution in [2.45, 2.75) is 18.7 Å². The van der Waals surface area contributed by atoms with Gasteiger partial charge in [0.05, 0.1) is 11.9 Å². The van der Waals surface area contributed by atoms with Crippen LogP contribution in [-0.4, -0.2) is 39.4 Å². The van der Waals surface area contributed by atoms with E-state index >= 15 is 0 Å². The van der Waals surface area contributed by atoms with Crippen LogP contribution >= 0.6 is 11.8 Å². The van der Waals surface area contributed by atoms with Crippen LogP contribution in [0.3, 0.4) is 0 Å². The molecule has 2 aromatic rings. The number of hydrogen-bond acceptors (Lipinski definition) is 4. The van der Waals surface area contributed by atoms with Crippen molar-refractivity contribution in [2.75, 3.05) is 29.4 Å². The Morgan fingerprint density at radius 1 is 1.08 bits per heavy atom. The number of carbonyl (C=O) groups is 1. The molecule has 140 valence electrons. The molecule has 26 heavy (non-hydrogen) atoms. The van der Waals surface area contributed by atoms with Crippen molar-refractivity contribution in [1.29, 1.82) is 0 Å². The highest BCUT2D eigenvalue weighted by molar-refractivity contribution is 7.99. The van der Waals surface area contributed by atoms with Gasteiger partial charge in [-0.2, -0.15) is 0 Å². The van der Waals surface area contributed by atoms with Gasteiger partial charge >= 0.3 is 0 Å². The number of anilines is 1. The smallest absolute Gasteiger partial charge is 0.240 e. The molecule has 5 nitrogen and oxygen atoms in total. The van der Waals surface area contributed by atoms with Crippen molar-refractivity contribution in [3.8, 4) is 0 Å². The summed E-state index contributed by atoms with van der Waals surface area (Å²) in [5.74, 6) is 0.403. The van der Waals surface area contributed by atoms with Gasteiger partial charge in [0.1, 0.15) is 6.54 Å². The lowest BCUT2D eigenvalue weighted by Gasteiger charge is -2.22. The van der Waals surface area contributed by atoms with E-state index < -0.39 is 10.0 Å². The fourth-order valence-electron chi connectivity index (χ4n) is 2.34. The van der Waals surface area contributed by atoms with Crippen LogP contribution in [0.4, 0.5) is 5.69 Å². The molecule has 2 aromatic carbocycles. The first-order valence-corrected chi connectivity index (χ1v) is 11.1. The highest BCUT2D eigenvalue weighted by atomic mass is 32.2. The second-order valence-electron chi connectivity index (χ2n) is 6.05. The Bertz CT molecular complexity index is 852. The van der Waals surface area contributed by atoms with E-state index in [1.165, 1.54) is 0 Å². The van der Waals surface area contributed by atoms with E-state index in [0.29, 0.717) is 12.2 Å². The molecule has 0 atom stereocenters. The van der Waals surface area contributed by atoms with Gasteiger partial charge in [-0.3, -0.25) is 9.10 Å². The van der Waals surface area contributed by atoms with Crippen LogP contribution in [-0.2, 0) is 14.8 Å². The number of carbonyl (C=O) groups excluding carboxylic acids is 1. The molecule has 0 saturated heterocycles. The van der Waals surface area contributed by atoms with Gasteiger partial charge in [0.15, 0.2) is 0 Å². The van der Waals surface area contributed by atoms with Crippen LogP contribution in [0.5, 0.6) is 0 Å². The molecular weight excluding hydrogens is 368 g/mol. The third-order valence-corrected chi connectivity index (χ3v) is 6.06. The Balaban J connectivity index is 1.93. The van der Waals surface area contributed by atoms with Gasteiger partial charge in [0.25, 0.3) is 0 Å². The molecule has 0 unspecified atom stereocenters. The fourth-order valence-corrected chi connectivity index (χ4v) is 3.98. The molecule has 0 aliphatic heterocycles. The summed E-state index contributed by atoms with van der Waals surface area (Å²) in [4.78, 5) is 13.3. The van der Waals surface area contributed by atoms with E-state index in [9.17, 15) is 13.2 Å². The Hall–Kier alpha value is -1.99. The Morgan fingerprint density at radius 3 is 2.38 bits per heavy atom. The maximum absolute atomic E-state index is 12.2. The molecule has 2 rings (SSSR count). The van der Waals surface area contributed by atoms with E-state index in [4.69, 9.17) is 0 Å². The summed E-state index contributed by atoms with van der Waals surface area (Å²) in [7, 11) is -3.55. The van der Waals surface area contributed by atoms with E-state index in [2.05, 4.69) is 5.32 Å². The quantitative estimate of drug-likeness (QED) is 0.554. The first-order valence-electron chi connectivity index (χ1n) is 8.27. The maximum Gasteiger partial charge on any atom is 0.240 e. The maximum atomic E-state index is 12.2. The second-order valence-corrected chi connectivity index (χ2v) is 9.12. The molecule has 0 radical (unpaired) electrons. The SMILES string of the molecule is Cc1ccc(N(CC(=O)NCCSc2ccccc2)S(C)(=O)=O)cc1C. The van der Waals surface area contributed by atoms with E-state index in [1.807, 2.05) is 50.2 Å². The molecule has 0 heterocycles. The van der Waals surface area contributed by atoms with Crippen molar-refractivity contribution < 1.29 is 13.2 Å². The van der Waals surface area contributed by atoms with E-state index in [-0.39, 0.29) is 12.5 Å². The molecule has 1 N–H and O–H groups in total. The summed E-state index contributed by atoms with van der Waals surface area (Å²) in [6.45, 7) is 4.13.